The van der Waals surface area contributed by atoms with Crippen LogP contribution in [0.3, 0.4) is 0 Å². The van der Waals surface area contributed by atoms with Gasteiger partial charge in [-0.15, -0.1) is 5.10 Å². The molecule has 21 heavy (non-hydrogen) atoms. The number of carbonyl (C=O) groups is 1. The standard InChI is InChI=1S/C13H11N7O/c14-9-3-1-8(2-4-9)12-18-7-20(19-12)13-10(11(15)21)16-5-6-17-13/h1-7H,14H2,(H2,15,21). The zero-order chi connectivity index (χ0) is 14.8. The van der Waals surface area contributed by atoms with Crippen LogP contribution >= 0.6 is 0 Å². The van der Waals surface area contributed by atoms with Crippen molar-refractivity contribution < 1.29 is 4.79 Å². The van der Waals surface area contributed by atoms with E-state index in [1.807, 2.05) is 0 Å². The third-order valence-corrected chi connectivity index (χ3v) is 2.79. The monoisotopic (exact) mass is 281 g/mol. The van der Waals surface area contributed by atoms with E-state index in [1.165, 1.54) is 23.4 Å². The molecular weight excluding hydrogens is 270 g/mol. The van der Waals surface area contributed by atoms with Crippen LogP contribution in [0.4, 0.5) is 5.69 Å². The van der Waals surface area contributed by atoms with Crippen LogP contribution in [0.2, 0.25) is 0 Å². The highest BCUT2D eigenvalue weighted by Gasteiger charge is 2.14. The van der Waals surface area contributed by atoms with Crippen LogP contribution in [0.15, 0.2) is 43.0 Å². The van der Waals surface area contributed by atoms with Crippen LogP contribution in [0.5, 0.6) is 0 Å². The maximum Gasteiger partial charge on any atom is 0.271 e. The lowest BCUT2D eigenvalue weighted by Gasteiger charge is -2.02. The lowest BCUT2D eigenvalue weighted by molar-refractivity contribution is 0.0995. The maximum absolute atomic E-state index is 11.4. The van der Waals surface area contributed by atoms with Gasteiger partial charge in [0.2, 0.25) is 0 Å². The van der Waals surface area contributed by atoms with Gasteiger partial charge < -0.3 is 11.5 Å². The smallest absolute Gasteiger partial charge is 0.271 e. The third-order valence-electron chi connectivity index (χ3n) is 2.79. The number of anilines is 1. The van der Waals surface area contributed by atoms with Crippen molar-refractivity contribution in [2.24, 2.45) is 5.73 Å². The molecule has 0 spiro atoms. The normalized spacial score (nSPS) is 10.5. The van der Waals surface area contributed by atoms with E-state index in [-0.39, 0.29) is 11.5 Å². The van der Waals surface area contributed by atoms with Gasteiger partial charge in [0.25, 0.3) is 5.91 Å². The van der Waals surface area contributed by atoms with Crippen molar-refractivity contribution in [2.75, 3.05) is 5.73 Å². The number of primary amides is 1. The summed E-state index contributed by atoms with van der Waals surface area (Å²) >= 11 is 0. The first-order valence-corrected chi connectivity index (χ1v) is 6.04. The fourth-order valence-corrected chi connectivity index (χ4v) is 1.80. The lowest BCUT2D eigenvalue weighted by Crippen LogP contribution is -2.18. The van der Waals surface area contributed by atoms with E-state index in [0.29, 0.717) is 11.5 Å². The predicted molar refractivity (Wildman–Crippen MR) is 75.3 cm³/mol. The molecule has 104 valence electrons. The molecule has 8 nitrogen and oxygen atoms in total. The average Bonchev–Trinajstić information content (AvgIpc) is 2.97. The Balaban J connectivity index is 2.03. The molecular formula is C13H11N7O. The molecule has 0 radical (unpaired) electrons. The second-order valence-electron chi connectivity index (χ2n) is 4.23. The summed E-state index contributed by atoms with van der Waals surface area (Å²) in [5.41, 5.74) is 12.4. The first-order valence-electron chi connectivity index (χ1n) is 6.04. The van der Waals surface area contributed by atoms with Crippen molar-refractivity contribution >= 4 is 11.6 Å². The molecule has 0 unspecified atom stereocenters. The van der Waals surface area contributed by atoms with E-state index in [9.17, 15) is 4.79 Å². The van der Waals surface area contributed by atoms with Crippen LogP contribution in [-0.2, 0) is 0 Å². The molecule has 0 aliphatic heterocycles. The van der Waals surface area contributed by atoms with Gasteiger partial charge in [0.1, 0.15) is 6.33 Å². The summed E-state index contributed by atoms with van der Waals surface area (Å²) in [7, 11) is 0. The Morgan fingerprint density at radius 1 is 1.05 bits per heavy atom. The molecule has 4 N–H and O–H groups in total. The van der Waals surface area contributed by atoms with Gasteiger partial charge in [-0.2, -0.15) is 4.68 Å². The summed E-state index contributed by atoms with van der Waals surface area (Å²) in [5, 5.41) is 4.28. The summed E-state index contributed by atoms with van der Waals surface area (Å²) in [4.78, 5) is 23.5. The second-order valence-corrected chi connectivity index (χ2v) is 4.23. The van der Waals surface area contributed by atoms with E-state index in [1.54, 1.807) is 24.3 Å². The number of benzene rings is 1. The van der Waals surface area contributed by atoms with Crippen molar-refractivity contribution in [3.8, 4) is 17.2 Å². The van der Waals surface area contributed by atoms with Crippen LogP contribution in [0, 0.1) is 0 Å². The Bertz CT molecular complexity index is 794. The van der Waals surface area contributed by atoms with Crippen molar-refractivity contribution in [2.45, 2.75) is 0 Å². The molecule has 3 aromatic rings. The molecule has 0 saturated heterocycles. The van der Waals surface area contributed by atoms with E-state index in [0.717, 1.165) is 5.56 Å². The van der Waals surface area contributed by atoms with Crippen LogP contribution in [0.25, 0.3) is 17.2 Å². The SMILES string of the molecule is NC(=O)c1nccnc1-n1cnc(-c2ccc(N)cc2)n1. The lowest BCUT2D eigenvalue weighted by atomic mass is 10.2. The largest absolute Gasteiger partial charge is 0.399 e. The van der Waals surface area contributed by atoms with Gasteiger partial charge in [-0.25, -0.2) is 15.0 Å². The molecule has 0 fully saturated rings. The molecule has 0 aliphatic carbocycles. The first-order chi connectivity index (χ1) is 10.1. The highest BCUT2D eigenvalue weighted by Crippen LogP contribution is 2.17. The molecule has 0 aliphatic rings. The fraction of sp³-hybridized carbons (Fsp3) is 0. The van der Waals surface area contributed by atoms with Crippen molar-refractivity contribution in [3.63, 3.8) is 0 Å². The predicted octanol–water partition coefficient (Wildman–Crippen LogP) is 0.405. The van der Waals surface area contributed by atoms with Gasteiger partial charge in [0.15, 0.2) is 17.3 Å². The van der Waals surface area contributed by atoms with Gasteiger partial charge in [-0.3, -0.25) is 4.79 Å². The van der Waals surface area contributed by atoms with Gasteiger partial charge in [-0.1, -0.05) is 0 Å². The maximum atomic E-state index is 11.4. The van der Waals surface area contributed by atoms with E-state index in [2.05, 4.69) is 20.1 Å². The number of rotatable bonds is 3. The Labute approximate surface area is 119 Å². The second kappa shape index (κ2) is 5.00. The molecule has 0 bridgehead atoms. The summed E-state index contributed by atoms with van der Waals surface area (Å²) in [6, 6.07) is 7.13. The number of nitrogen functional groups attached to an aromatic ring is 1. The number of hydrogen-bond acceptors (Lipinski definition) is 6. The quantitative estimate of drug-likeness (QED) is 0.669. The van der Waals surface area contributed by atoms with Gasteiger partial charge in [-0.05, 0) is 24.3 Å². The molecule has 1 aromatic carbocycles. The number of nitrogens with zero attached hydrogens (tertiary/aromatic N) is 5. The Morgan fingerprint density at radius 2 is 1.76 bits per heavy atom. The molecule has 0 atom stereocenters. The molecule has 2 aromatic heterocycles. The summed E-state index contributed by atoms with van der Waals surface area (Å²) in [5.74, 6) is 0.0397. The van der Waals surface area contributed by atoms with E-state index < -0.39 is 5.91 Å². The molecule has 0 saturated carbocycles. The number of hydrogen-bond donors (Lipinski definition) is 2. The number of aromatic nitrogens is 5. The van der Waals surface area contributed by atoms with Gasteiger partial charge in [0, 0.05) is 23.6 Å². The van der Waals surface area contributed by atoms with Crippen molar-refractivity contribution in [1.29, 1.82) is 0 Å². The average molecular weight is 281 g/mol. The minimum Gasteiger partial charge on any atom is -0.399 e. The van der Waals surface area contributed by atoms with E-state index >= 15 is 0 Å². The Kier molecular flexibility index (Phi) is 3.03. The molecule has 1 amide bonds. The molecule has 8 heteroatoms. The zero-order valence-electron chi connectivity index (χ0n) is 10.8. The first kappa shape index (κ1) is 12.7. The number of amides is 1. The number of nitrogens with two attached hydrogens (primary N) is 2. The Hall–Kier alpha value is -3.29. The molecule has 2 heterocycles. The minimum absolute atomic E-state index is 0.0336. The van der Waals surface area contributed by atoms with E-state index in [4.69, 9.17) is 11.5 Å². The Morgan fingerprint density at radius 3 is 2.48 bits per heavy atom. The van der Waals surface area contributed by atoms with Gasteiger partial charge >= 0.3 is 0 Å². The topological polar surface area (TPSA) is 126 Å². The fourth-order valence-electron chi connectivity index (χ4n) is 1.80. The highest BCUT2D eigenvalue weighted by atomic mass is 16.1. The van der Waals surface area contributed by atoms with Crippen LogP contribution in [0.1, 0.15) is 10.5 Å². The highest BCUT2D eigenvalue weighted by molar-refractivity contribution is 5.93. The summed E-state index contributed by atoms with van der Waals surface area (Å²) in [6.45, 7) is 0. The van der Waals surface area contributed by atoms with Crippen molar-refractivity contribution in [3.05, 3.63) is 48.7 Å². The minimum atomic E-state index is -0.678. The van der Waals surface area contributed by atoms with Crippen molar-refractivity contribution in [1.82, 2.24) is 24.7 Å². The number of carbonyl (C=O) groups excluding carboxylic acids is 1. The van der Waals surface area contributed by atoms with Crippen LogP contribution in [-0.4, -0.2) is 30.6 Å². The van der Waals surface area contributed by atoms with Gasteiger partial charge in [0.05, 0.1) is 0 Å². The summed E-state index contributed by atoms with van der Waals surface area (Å²) in [6.07, 6.45) is 4.29. The third kappa shape index (κ3) is 2.41. The van der Waals surface area contributed by atoms with Crippen LogP contribution < -0.4 is 11.5 Å². The molecule has 3 rings (SSSR count). The summed E-state index contributed by atoms with van der Waals surface area (Å²) < 4.78 is 1.36. The zero-order valence-corrected chi connectivity index (χ0v) is 10.8.